The van der Waals surface area contributed by atoms with Gasteiger partial charge >= 0.3 is 5.97 Å². The first-order valence-electron chi connectivity index (χ1n) is 7.68. The first-order valence-corrected chi connectivity index (χ1v) is 11.3. The molecule has 0 bridgehead atoms. The molecule has 0 aliphatic carbocycles. The van der Waals surface area contributed by atoms with Crippen LogP contribution in [-0.2, 0) is 19.7 Å². The number of carboxylic acid groups (broad SMARTS) is 1. The number of rotatable bonds is 3. The normalized spacial score (nSPS) is 22.6. The SMILES string of the molecule is O=C(O)c1nc(N2CCS(=O)(=O)CC2)cnc1N1CCS(=O)(=O)CC1. The van der Waals surface area contributed by atoms with Crippen LogP contribution in [-0.4, -0.2) is 87.1 Å². The minimum absolute atomic E-state index is 0.0111. The Kier molecular flexibility index (Phi) is 4.58. The van der Waals surface area contributed by atoms with E-state index in [0.29, 0.717) is 5.82 Å². The van der Waals surface area contributed by atoms with Crippen molar-refractivity contribution in [2.75, 3.05) is 59.0 Å². The molecule has 0 unspecified atom stereocenters. The van der Waals surface area contributed by atoms with Crippen molar-refractivity contribution in [3.63, 3.8) is 0 Å². The number of hydrogen-bond acceptors (Lipinski definition) is 9. The number of carboxylic acids is 1. The molecule has 0 atom stereocenters. The first-order chi connectivity index (χ1) is 11.7. The molecule has 2 saturated heterocycles. The summed E-state index contributed by atoms with van der Waals surface area (Å²) in [6.45, 7) is 0.798. The fourth-order valence-corrected chi connectivity index (χ4v) is 5.17. The van der Waals surface area contributed by atoms with Crippen LogP contribution in [0.4, 0.5) is 11.6 Å². The van der Waals surface area contributed by atoms with E-state index in [1.54, 1.807) is 9.80 Å². The van der Waals surface area contributed by atoms with Gasteiger partial charge in [0.1, 0.15) is 5.82 Å². The van der Waals surface area contributed by atoms with Gasteiger partial charge in [0.05, 0.1) is 29.2 Å². The number of nitrogens with zero attached hydrogens (tertiary/aromatic N) is 4. The highest BCUT2D eigenvalue weighted by Crippen LogP contribution is 2.22. The second-order valence-electron chi connectivity index (χ2n) is 5.98. The Bertz CT molecular complexity index is 871. The third-order valence-electron chi connectivity index (χ3n) is 4.26. The maximum atomic E-state index is 11.6. The van der Waals surface area contributed by atoms with E-state index < -0.39 is 25.6 Å². The van der Waals surface area contributed by atoms with Crippen LogP contribution in [0.3, 0.4) is 0 Å². The van der Waals surface area contributed by atoms with E-state index >= 15 is 0 Å². The van der Waals surface area contributed by atoms with Crippen molar-refractivity contribution in [2.24, 2.45) is 0 Å². The zero-order chi connectivity index (χ0) is 18.2. The molecule has 12 heteroatoms. The van der Waals surface area contributed by atoms with Crippen LogP contribution >= 0.6 is 0 Å². The van der Waals surface area contributed by atoms with Gasteiger partial charge in [0.15, 0.2) is 31.2 Å². The monoisotopic (exact) mass is 390 g/mol. The molecule has 0 saturated carbocycles. The highest BCUT2D eigenvalue weighted by molar-refractivity contribution is 7.91. The van der Waals surface area contributed by atoms with E-state index in [2.05, 4.69) is 9.97 Å². The highest BCUT2D eigenvalue weighted by atomic mass is 32.2. The lowest BCUT2D eigenvalue weighted by molar-refractivity contribution is 0.0691. The van der Waals surface area contributed by atoms with Gasteiger partial charge in [0, 0.05) is 26.2 Å². The molecule has 2 aliphatic rings. The van der Waals surface area contributed by atoms with E-state index in [1.165, 1.54) is 6.20 Å². The predicted molar refractivity (Wildman–Crippen MR) is 90.7 cm³/mol. The lowest BCUT2D eigenvalue weighted by Crippen LogP contribution is -2.42. The van der Waals surface area contributed by atoms with Crippen LogP contribution in [0.15, 0.2) is 6.20 Å². The second-order valence-corrected chi connectivity index (χ2v) is 10.6. The van der Waals surface area contributed by atoms with Gasteiger partial charge in [-0.15, -0.1) is 0 Å². The van der Waals surface area contributed by atoms with Gasteiger partial charge in [-0.2, -0.15) is 0 Å². The lowest BCUT2D eigenvalue weighted by atomic mass is 10.3. The predicted octanol–water partition coefficient (Wildman–Crippen LogP) is -1.36. The van der Waals surface area contributed by atoms with Crippen molar-refractivity contribution in [1.29, 1.82) is 0 Å². The van der Waals surface area contributed by atoms with E-state index in [0.717, 1.165) is 0 Å². The van der Waals surface area contributed by atoms with Gasteiger partial charge in [0.2, 0.25) is 0 Å². The molecule has 1 N–H and O–H groups in total. The van der Waals surface area contributed by atoms with E-state index in [4.69, 9.17) is 0 Å². The smallest absolute Gasteiger partial charge is 0.358 e. The summed E-state index contributed by atoms with van der Waals surface area (Å²) in [5.41, 5.74) is -0.259. The zero-order valence-electron chi connectivity index (χ0n) is 13.3. The topological polar surface area (TPSA) is 138 Å². The Morgan fingerprint density at radius 1 is 0.920 bits per heavy atom. The summed E-state index contributed by atoms with van der Waals surface area (Å²) >= 11 is 0. The number of carbonyl (C=O) groups is 1. The van der Waals surface area contributed by atoms with Gasteiger partial charge in [-0.05, 0) is 0 Å². The standard InChI is InChI=1S/C13H18N4O6S2/c18-13(19)11-12(17-3-7-25(22,23)8-4-17)14-9-10(15-11)16-1-5-24(20,21)6-2-16/h9H,1-8H2,(H,18,19). The average molecular weight is 390 g/mol. The summed E-state index contributed by atoms with van der Waals surface area (Å²) in [6.07, 6.45) is 1.41. The molecule has 10 nitrogen and oxygen atoms in total. The quantitative estimate of drug-likeness (QED) is 0.659. The van der Waals surface area contributed by atoms with Crippen LogP contribution in [0.5, 0.6) is 0 Å². The molecule has 25 heavy (non-hydrogen) atoms. The van der Waals surface area contributed by atoms with Crippen LogP contribution in [0.2, 0.25) is 0 Å². The Balaban J connectivity index is 1.85. The molecule has 1 aromatic rings. The largest absolute Gasteiger partial charge is 0.476 e. The Morgan fingerprint density at radius 2 is 1.40 bits per heavy atom. The number of anilines is 2. The average Bonchev–Trinajstić information content (AvgIpc) is 2.54. The molecule has 0 aromatic carbocycles. The van der Waals surface area contributed by atoms with E-state index in [-0.39, 0.29) is 60.7 Å². The van der Waals surface area contributed by atoms with Gasteiger partial charge in [-0.1, -0.05) is 0 Å². The highest BCUT2D eigenvalue weighted by Gasteiger charge is 2.29. The Labute approximate surface area is 145 Å². The zero-order valence-corrected chi connectivity index (χ0v) is 15.0. The summed E-state index contributed by atoms with van der Waals surface area (Å²) in [6, 6.07) is 0. The Hall–Kier alpha value is -1.95. The molecular weight excluding hydrogens is 372 g/mol. The van der Waals surface area contributed by atoms with Crippen LogP contribution in [0.1, 0.15) is 10.5 Å². The second kappa shape index (κ2) is 6.41. The fourth-order valence-electron chi connectivity index (χ4n) is 2.77. The molecule has 0 radical (unpaired) electrons. The van der Waals surface area contributed by atoms with Gasteiger partial charge in [-0.25, -0.2) is 31.6 Å². The van der Waals surface area contributed by atoms with Crippen molar-refractivity contribution >= 4 is 37.3 Å². The molecule has 3 heterocycles. The molecule has 0 amide bonds. The molecule has 2 fully saturated rings. The molecule has 0 spiro atoms. The summed E-state index contributed by atoms with van der Waals surface area (Å²) in [5.74, 6) is -0.955. The van der Waals surface area contributed by atoms with Gasteiger partial charge in [-0.3, -0.25) is 0 Å². The number of aromatic nitrogens is 2. The first kappa shape index (κ1) is 17.9. The summed E-state index contributed by atoms with van der Waals surface area (Å²) < 4.78 is 46.1. The molecule has 1 aromatic heterocycles. The summed E-state index contributed by atoms with van der Waals surface area (Å²) in [7, 11) is -6.15. The number of aromatic carboxylic acids is 1. The van der Waals surface area contributed by atoms with Crippen molar-refractivity contribution in [2.45, 2.75) is 0 Å². The fraction of sp³-hybridized carbons (Fsp3) is 0.615. The van der Waals surface area contributed by atoms with Crippen LogP contribution in [0.25, 0.3) is 0 Å². The van der Waals surface area contributed by atoms with Gasteiger partial charge < -0.3 is 14.9 Å². The maximum absolute atomic E-state index is 11.6. The summed E-state index contributed by atoms with van der Waals surface area (Å²) in [4.78, 5) is 23.2. The molecule has 3 rings (SSSR count). The minimum atomic E-state index is -3.10. The van der Waals surface area contributed by atoms with Crippen LogP contribution < -0.4 is 9.80 Å². The number of sulfone groups is 2. The molecule has 2 aliphatic heterocycles. The van der Waals surface area contributed by atoms with Crippen LogP contribution in [0, 0.1) is 0 Å². The molecule has 138 valence electrons. The van der Waals surface area contributed by atoms with Crippen molar-refractivity contribution in [3.05, 3.63) is 11.9 Å². The number of hydrogen-bond donors (Lipinski definition) is 1. The Morgan fingerprint density at radius 3 is 1.88 bits per heavy atom. The molecular formula is C13H18N4O6S2. The minimum Gasteiger partial charge on any atom is -0.476 e. The van der Waals surface area contributed by atoms with Crippen molar-refractivity contribution < 1.29 is 26.7 Å². The lowest BCUT2D eigenvalue weighted by Gasteiger charge is -2.30. The van der Waals surface area contributed by atoms with Crippen molar-refractivity contribution in [1.82, 2.24) is 9.97 Å². The van der Waals surface area contributed by atoms with E-state index in [9.17, 15) is 26.7 Å². The van der Waals surface area contributed by atoms with Gasteiger partial charge in [0.25, 0.3) is 0 Å². The van der Waals surface area contributed by atoms with Crippen molar-refractivity contribution in [3.8, 4) is 0 Å². The summed E-state index contributed by atoms with van der Waals surface area (Å²) in [5, 5.41) is 9.44. The maximum Gasteiger partial charge on any atom is 0.358 e. The van der Waals surface area contributed by atoms with E-state index in [1.807, 2.05) is 0 Å². The third kappa shape index (κ3) is 4.00. The third-order valence-corrected chi connectivity index (χ3v) is 7.47.